The number of thioether (sulfide) groups is 1. The molecule has 0 bridgehead atoms. The molecule has 9 heteroatoms. The van der Waals surface area contributed by atoms with E-state index in [1.807, 2.05) is 46.9 Å². The lowest BCUT2D eigenvalue weighted by atomic mass is 10.2. The Labute approximate surface area is 181 Å². The van der Waals surface area contributed by atoms with Gasteiger partial charge in [-0.15, -0.1) is 20.4 Å². The fraction of sp³-hybridized carbons (Fsp3) is 0.227. The van der Waals surface area contributed by atoms with Crippen LogP contribution < -0.4 is 5.56 Å². The van der Waals surface area contributed by atoms with Gasteiger partial charge in [0.2, 0.25) is 5.78 Å². The average Bonchev–Trinajstić information content (AvgIpc) is 3.42. The summed E-state index contributed by atoms with van der Waals surface area (Å²) in [4.78, 5) is 12.7. The van der Waals surface area contributed by atoms with E-state index in [4.69, 9.17) is 0 Å². The van der Waals surface area contributed by atoms with Crippen molar-refractivity contribution in [1.29, 1.82) is 0 Å². The van der Waals surface area contributed by atoms with E-state index in [0.717, 1.165) is 40.9 Å². The Morgan fingerprint density at radius 1 is 0.968 bits per heavy atom. The number of rotatable bonds is 5. The summed E-state index contributed by atoms with van der Waals surface area (Å²) < 4.78 is 5.65. The van der Waals surface area contributed by atoms with Crippen LogP contribution >= 0.6 is 11.8 Å². The summed E-state index contributed by atoms with van der Waals surface area (Å²) in [5.41, 5.74) is 1.80. The van der Waals surface area contributed by atoms with Crippen LogP contribution in [-0.4, -0.2) is 33.9 Å². The van der Waals surface area contributed by atoms with Gasteiger partial charge in [-0.1, -0.05) is 42.1 Å². The Morgan fingerprint density at radius 3 is 2.55 bits per heavy atom. The first-order valence-corrected chi connectivity index (χ1v) is 11.2. The standard InChI is InChI=1S/C22H19N7OS/c1-27-20(30)16-9-5-6-10-17(16)29-18(23-25-21(27)29)13-31-22-26-24-19(14-11-12-14)28(22)15-7-3-2-4-8-15/h2-10,14H,11-13H2,1H3. The van der Waals surface area contributed by atoms with Gasteiger partial charge in [0, 0.05) is 18.7 Å². The third-order valence-corrected chi connectivity index (χ3v) is 6.56. The molecule has 154 valence electrons. The summed E-state index contributed by atoms with van der Waals surface area (Å²) in [6, 6.07) is 17.8. The zero-order chi connectivity index (χ0) is 20.9. The van der Waals surface area contributed by atoms with Crippen LogP contribution in [-0.2, 0) is 12.8 Å². The molecule has 0 aliphatic heterocycles. The van der Waals surface area contributed by atoms with Gasteiger partial charge in [-0.2, -0.15) is 0 Å². The van der Waals surface area contributed by atoms with E-state index in [1.54, 1.807) is 23.4 Å². The zero-order valence-electron chi connectivity index (χ0n) is 16.8. The lowest BCUT2D eigenvalue weighted by molar-refractivity contribution is 0.828. The van der Waals surface area contributed by atoms with Crippen molar-refractivity contribution in [3.63, 3.8) is 0 Å². The summed E-state index contributed by atoms with van der Waals surface area (Å²) >= 11 is 1.58. The molecule has 0 saturated heterocycles. The highest BCUT2D eigenvalue weighted by molar-refractivity contribution is 7.98. The van der Waals surface area contributed by atoms with Gasteiger partial charge in [0.15, 0.2) is 5.16 Å². The van der Waals surface area contributed by atoms with Crippen LogP contribution in [0.15, 0.2) is 64.5 Å². The summed E-state index contributed by atoms with van der Waals surface area (Å²) in [5, 5.41) is 19.1. The second-order valence-corrected chi connectivity index (χ2v) is 8.65. The first kappa shape index (κ1) is 18.3. The molecular weight excluding hydrogens is 410 g/mol. The molecule has 31 heavy (non-hydrogen) atoms. The van der Waals surface area contributed by atoms with Crippen molar-refractivity contribution in [2.75, 3.05) is 0 Å². The summed E-state index contributed by atoms with van der Waals surface area (Å²) in [7, 11) is 1.73. The molecule has 1 fully saturated rings. The summed E-state index contributed by atoms with van der Waals surface area (Å²) in [6.07, 6.45) is 2.31. The highest BCUT2D eigenvalue weighted by Crippen LogP contribution is 2.41. The molecule has 2 aromatic carbocycles. The Hall–Kier alpha value is -3.46. The van der Waals surface area contributed by atoms with Gasteiger partial charge in [0.05, 0.1) is 16.7 Å². The maximum Gasteiger partial charge on any atom is 0.262 e. The molecule has 1 aliphatic carbocycles. The highest BCUT2D eigenvalue weighted by Gasteiger charge is 2.31. The number of hydrogen-bond acceptors (Lipinski definition) is 6. The van der Waals surface area contributed by atoms with Crippen molar-refractivity contribution in [2.24, 2.45) is 7.05 Å². The minimum absolute atomic E-state index is 0.0763. The van der Waals surface area contributed by atoms with Crippen LogP contribution in [0.3, 0.4) is 0 Å². The largest absolute Gasteiger partial charge is 0.279 e. The Kier molecular flexibility index (Phi) is 4.17. The second-order valence-electron chi connectivity index (χ2n) is 7.71. The van der Waals surface area contributed by atoms with Gasteiger partial charge in [0.1, 0.15) is 11.6 Å². The van der Waals surface area contributed by atoms with E-state index >= 15 is 0 Å². The van der Waals surface area contributed by atoms with Gasteiger partial charge in [0.25, 0.3) is 5.56 Å². The lowest BCUT2D eigenvalue weighted by Crippen LogP contribution is -2.20. The van der Waals surface area contributed by atoms with Crippen molar-refractivity contribution in [3.8, 4) is 5.69 Å². The highest BCUT2D eigenvalue weighted by atomic mass is 32.2. The predicted octanol–water partition coefficient (Wildman–Crippen LogP) is 3.33. The number of para-hydroxylation sites is 2. The normalized spacial score (nSPS) is 14.0. The Bertz CT molecular complexity index is 1480. The molecule has 1 aliphatic rings. The van der Waals surface area contributed by atoms with Crippen molar-refractivity contribution >= 4 is 28.4 Å². The Balaban J connectivity index is 1.43. The molecule has 0 atom stereocenters. The molecular formula is C22H19N7OS. The van der Waals surface area contributed by atoms with Crippen molar-refractivity contribution in [2.45, 2.75) is 29.7 Å². The van der Waals surface area contributed by atoms with Crippen LogP contribution in [0, 0.1) is 0 Å². The second kappa shape index (κ2) is 7.05. The topological polar surface area (TPSA) is 82.9 Å². The first-order valence-electron chi connectivity index (χ1n) is 10.2. The lowest BCUT2D eigenvalue weighted by Gasteiger charge is -2.10. The maximum absolute atomic E-state index is 12.7. The predicted molar refractivity (Wildman–Crippen MR) is 119 cm³/mol. The van der Waals surface area contributed by atoms with Crippen LogP contribution in [0.5, 0.6) is 0 Å². The van der Waals surface area contributed by atoms with E-state index < -0.39 is 0 Å². The molecule has 3 heterocycles. The van der Waals surface area contributed by atoms with E-state index in [1.165, 1.54) is 0 Å². The number of aromatic nitrogens is 7. The minimum atomic E-state index is -0.0763. The number of benzene rings is 2. The van der Waals surface area contributed by atoms with E-state index in [9.17, 15) is 4.79 Å². The molecule has 5 aromatic rings. The van der Waals surface area contributed by atoms with Gasteiger partial charge in [-0.05, 0) is 37.1 Å². The molecule has 3 aromatic heterocycles. The SMILES string of the molecule is Cn1c(=O)c2ccccc2n2c(CSc3nnc(C4CC4)n3-c3ccccc3)nnc12. The molecule has 0 amide bonds. The molecule has 1 saturated carbocycles. The van der Waals surface area contributed by atoms with Gasteiger partial charge < -0.3 is 0 Å². The summed E-state index contributed by atoms with van der Waals surface area (Å²) in [6.45, 7) is 0. The zero-order valence-corrected chi connectivity index (χ0v) is 17.7. The van der Waals surface area contributed by atoms with Gasteiger partial charge in [-0.3, -0.25) is 18.3 Å². The molecule has 6 rings (SSSR count). The van der Waals surface area contributed by atoms with E-state index in [0.29, 0.717) is 22.8 Å². The van der Waals surface area contributed by atoms with Crippen LogP contribution in [0.25, 0.3) is 22.4 Å². The fourth-order valence-electron chi connectivity index (χ4n) is 3.92. The van der Waals surface area contributed by atoms with E-state index in [2.05, 4.69) is 37.1 Å². The smallest absolute Gasteiger partial charge is 0.262 e. The number of nitrogens with zero attached hydrogens (tertiary/aromatic N) is 7. The third-order valence-electron chi connectivity index (χ3n) is 5.64. The molecule has 0 unspecified atom stereocenters. The number of hydrogen-bond donors (Lipinski definition) is 0. The Morgan fingerprint density at radius 2 is 1.74 bits per heavy atom. The van der Waals surface area contributed by atoms with Gasteiger partial charge >= 0.3 is 0 Å². The van der Waals surface area contributed by atoms with Crippen molar-refractivity contribution in [1.82, 2.24) is 33.9 Å². The molecule has 0 radical (unpaired) electrons. The van der Waals surface area contributed by atoms with Crippen molar-refractivity contribution in [3.05, 3.63) is 76.6 Å². The molecule has 0 N–H and O–H groups in total. The van der Waals surface area contributed by atoms with Crippen LogP contribution in [0.2, 0.25) is 0 Å². The molecule has 0 spiro atoms. The van der Waals surface area contributed by atoms with Gasteiger partial charge in [-0.25, -0.2) is 0 Å². The number of aryl methyl sites for hydroxylation is 1. The summed E-state index contributed by atoms with van der Waals surface area (Å²) in [5.74, 6) is 3.35. The minimum Gasteiger partial charge on any atom is -0.279 e. The van der Waals surface area contributed by atoms with Crippen LogP contribution in [0.1, 0.15) is 30.4 Å². The maximum atomic E-state index is 12.7. The quantitative estimate of drug-likeness (QED) is 0.399. The average molecular weight is 430 g/mol. The third kappa shape index (κ3) is 2.96. The monoisotopic (exact) mass is 429 g/mol. The molecule has 8 nitrogen and oxygen atoms in total. The first-order chi connectivity index (χ1) is 15.2. The van der Waals surface area contributed by atoms with Crippen molar-refractivity contribution < 1.29 is 0 Å². The van der Waals surface area contributed by atoms with Crippen LogP contribution in [0.4, 0.5) is 0 Å². The fourth-order valence-corrected chi connectivity index (χ4v) is 4.79. The van der Waals surface area contributed by atoms with E-state index in [-0.39, 0.29) is 5.56 Å². The number of fused-ring (bicyclic) bond motifs is 3.